The molecule has 0 rings (SSSR count). The Balaban J connectivity index is 3.18. The summed E-state index contributed by atoms with van der Waals surface area (Å²) in [4.78, 5) is 25.5. The lowest BCUT2D eigenvalue weighted by molar-refractivity contribution is -0.143. The van der Waals surface area contributed by atoms with E-state index in [2.05, 4.69) is 11.9 Å². The Morgan fingerprint density at radius 3 is 1.77 bits per heavy atom. The van der Waals surface area contributed by atoms with Gasteiger partial charge >= 0.3 is 5.97 Å². The van der Waals surface area contributed by atoms with Crippen molar-refractivity contribution in [2.24, 2.45) is 4.99 Å². The van der Waals surface area contributed by atoms with Gasteiger partial charge in [0.05, 0.1) is 19.1 Å². The summed E-state index contributed by atoms with van der Waals surface area (Å²) >= 11 is 1.71. The molecule has 182 valence electrons. The Labute approximate surface area is 196 Å². The van der Waals surface area contributed by atoms with E-state index >= 15 is 0 Å². The predicted molar refractivity (Wildman–Crippen MR) is 135 cm³/mol. The van der Waals surface area contributed by atoms with Crippen molar-refractivity contribution in [3.63, 3.8) is 0 Å². The van der Waals surface area contributed by atoms with Crippen LogP contribution in [0.2, 0.25) is 0 Å². The van der Waals surface area contributed by atoms with Crippen LogP contribution in [0.15, 0.2) is 4.99 Å². The number of carbonyl (C=O) groups excluding carboxylic acids is 2. The van der Waals surface area contributed by atoms with Crippen molar-refractivity contribution in [1.82, 2.24) is 0 Å². The van der Waals surface area contributed by atoms with E-state index in [4.69, 9.17) is 4.74 Å². The van der Waals surface area contributed by atoms with Crippen LogP contribution < -0.4 is 0 Å². The summed E-state index contributed by atoms with van der Waals surface area (Å²) in [6, 6.07) is 0.0202. The molecule has 4 nitrogen and oxygen atoms in total. The molecule has 0 aromatic heterocycles. The van der Waals surface area contributed by atoms with E-state index in [-0.39, 0.29) is 12.0 Å². The molecule has 31 heavy (non-hydrogen) atoms. The minimum Gasteiger partial charge on any atom is -0.466 e. The third kappa shape index (κ3) is 25.3. The zero-order chi connectivity index (χ0) is 22.8. The zero-order valence-corrected chi connectivity index (χ0v) is 21.3. The SMILES string of the molecule is CCCCCCCCCCCCCCCCCCOC(=O)CCSCCC(C)N=C=O. The molecule has 0 aromatic carbocycles. The van der Waals surface area contributed by atoms with Gasteiger partial charge in [0.25, 0.3) is 0 Å². The lowest BCUT2D eigenvalue weighted by atomic mass is 10.0. The number of thioether (sulfide) groups is 1. The summed E-state index contributed by atoms with van der Waals surface area (Å²) in [7, 11) is 0. The van der Waals surface area contributed by atoms with Gasteiger partial charge in [-0.1, -0.05) is 103 Å². The number of aliphatic imine (C=N–C) groups is 1. The molecule has 0 aliphatic rings. The van der Waals surface area contributed by atoms with Crippen molar-refractivity contribution in [2.75, 3.05) is 18.1 Å². The third-order valence-corrected chi connectivity index (χ3v) is 6.68. The summed E-state index contributed by atoms with van der Waals surface area (Å²) in [6.45, 7) is 4.74. The molecule has 0 spiro atoms. The van der Waals surface area contributed by atoms with Crippen molar-refractivity contribution in [2.45, 2.75) is 135 Å². The molecular formula is C26H49NO3S. The largest absolute Gasteiger partial charge is 0.466 e. The number of nitrogens with zero attached hydrogens (tertiary/aromatic N) is 1. The van der Waals surface area contributed by atoms with Crippen molar-refractivity contribution in [1.29, 1.82) is 0 Å². The summed E-state index contributed by atoms with van der Waals surface area (Å²) in [5, 5.41) is 0. The van der Waals surface area contributed by atoms with Gasteiger partial charge in [0, 0.05) is 5.75 Å². The fourth-order valence-corrected chi connectivity index (χ4v) is 4.60. The first-order chi connectivity index (χ1) is 15.2. The molecule has 0 aliphatic carbocycles. The van der Waals surface area contributed by atoms with Gasteiger partial charge in [0.1, 0.15) is 0 Å². The van der Waals surface area contributed by atoms with E-state index in [1.807, 2.05) is 6.92 Å². The highest BCUT2D eigenvalue weighted by molar-refractivity contribution is 7.99. The number of ether oxygens (including phenoxy) is 1. The summed E-state index contributed by atoms with van der Waals surface area (Å²) in [5.41, 5.74) is 0. The Morgan fingerprint density at radius 1 is 0.806 bits per heavy atom. The lowest BCUT2D eigenvalue weighted by Crippen LogP contribution is -2.07. The Hall–Kier alpha value is -0.800. The van der Waals surface area contributed by atoms with Gasteiger partial charge in [0.15, 0.2) is 0 Å². The second-order valence-corrected chi connectivity index (χ2v) is 9.97. The van der Waals surface area contributed by atoms with Crippen LogP contribution in [-0.2, 0) is 14.3 Å². The average molecular weight is 456 g/mol. The van der Waals surface area contributed by atoms with E-state index in [1.54, 1.807) is 17.8 Å². The quantitative estimate of drug-likeness (QED) is 0.0639. The van der Waals surface area contributed by atoms with Gasteiger partial charge in [-0.3, -0.25) is 4.79 Å². The number of hydrogen-bond acceptors (Lipinski definition) is 5. The van der Waals surface area contributed by atoms with Crippen LogP contribution in [0.1, 0.15) is 129 Å². The van der Waals surface area contributed by atoms with Crippen molar-refractivity contribution in [3.05, 3.63) is 0 Å². The molecular weight excluding hydrogens is 406 g/mol. The molecule has 1 atom stereocenters. The molecule has 0 N–H and O–H groups in total. The standard InChI is InChI=1S/C26H49NO3S/c1-3-4-5-6-7-8-9-10-11-12-13-14-15-16-17-18-21-30-26(29)20-23-31-22-19-25(2)27-24-28/h25H,3-23H2,1-2H3. The van der Waals surface area contributed by atoms with Crippen molar-refractivity contribution in [3.8, 4) is 0 Å². The Kier molecular flexibility index (Phi) is 24.8. The minimum atomic E-state index is -0.0904. The second kappa shape index (κ2) is 25.5. The molecule has 0 bridgehead atoms. The van der Waals surface area contributed by atoms with Gasteiger partial charge in [-0.15, -0.1) is 0 Å². The Morgan fingerprint density at radius 2 is 1.29 bits per heavy atom. The fraction of sp³-hybridized carbons (Fsp3) is 0.923. The van der Waals surface area contributed by atoms with Crippen LogP contribution in [-0.4, -0.2) is 36.2 Å². The van der Waals surface area contributed by atoms with Gasteiger partial charge < -0.3 is 4.74 Å². The molecule has 0 heterocycles. The molecule has 0 aromatic rings. The zero-order valence-electron chi connectivity index (χ0n) is 20.5. The third-order valence-electron chi connectivity index (χ3n) is 5.66. The van der Waals surface area contributed by atoms with Crippen LogP contribution in [0.4, 0.5) is 0 Å². The second-order valence-electron chi connectivity index (χ2n) is 8.74. The number of carbonyl (C=O) groups is 1. The number of isocyanates is 1. The first-order valence-corrected chi connectivity index (χ1v) is 14.2. The highest BCUT2D eigenvalue weighted by Gasteiger charge is 2.04. The number of unbranched alkanes of at least 4 members (excludes halogenated alkanes) is 15. The highest BCUT2D eigenvalue weighted by Crippen LogP contribution is 2.14. The van der Waals surface area contributed by atoms with Gasteiger partial charge in [-0.2, -0.15) is 11.8 Å². The smallest absolute Gasteiger partial charge is 0.306 e. The lowest BCUT2D eigenvalue weighted by Gasteiger charge is -2.06. The highest BCUT2D eigenvalue weighted by atomic mass is 32.2. The molecule has 0 radical (unpaired) electrons. The molecule has 0 saturated heterocycles. The maximum Gasteiger partial charge on any atom is 0.306 e. The number of esters is 1. The summed E-state index contributed by atoms with van der Waals surface area (Å²) in [6.07, 6.45) is 24.5. The monoisotopic (exact) mass is 455 g/mol. The molecule has 1 unspecified atom stereocenters. The van der Waals surface area contributed by atoms with Crippen LogP contribution in [0, 0.1) is 0 Å². The Bertz CT molecular complexity index is 438. The number of rotatable bonds is 24. The average Bonchev–Trinajstić information content (AvgIpc) is 2.76. The maximum atomic E-state index is 11.7. The van der Waals surface area contributed by atoms with Gasteiger partial charge in [-0.25, -0.2) is 9.79 Å². The van der Waals surface area contributed by atoms with Crippen molar-refractivity contribution >= 4 is 23.8 Å². The molecule has 0 fully saturated rings. The van der Waals surface area contributed by atoms with Crippen molar-refractivity contribution < 1.29 is 14.3 Å². The fourth-order valence-electron chi connectivity index (χ4n) is 3.57. The van der Waals surface area contributed by atoms with Crippen LogP contribution >= 0.6 is 11.8 Å². The maximum absolute atomic E-state index is 11.7. The minimum absolute atomic E-state index is 0.0202. The van der Waals surface area contributed by atoms with E-state index in [9.17, 15) is 9.59 Å². The summed E-state index contributed by atoms with van der Waals surface area (Å²) < 4.78 is 5.31. The predicted octanol–water partition coefficient (Wildman–Crippen LogP) is 8.03. The van der Waals surface area contributed by atoms with E-state index in [0.29, 0.717) is 13.0 Å². The first-order valence-electron chi connectivity index (χ1n) is 13.0. The van der Waals surface area contributed by atoms with Crippen LogP contribution in [0.5, 0.6) is 0 Å². The molecule has 5 heteroatoms. The molecule has 0 saturated carbocycles. The summed E-state index contributed by atoms with van der Waals surface area (Å²) in [5.74, 6) is 1.58. The number of hydrogen-bond donors (Lipinski definition) is 0. The normalized spacial score (nSPS) is 11.8. The van der Waals surface area contributed by atoms with E-state index in [0.717, 1.165) is 30.8 Å². The molecule has 0 aliphatic heterocycles. The van der Waals surface area contributed by atoms with Crippen LogP contribution in [0.3, 0.4) is 0 Å². The first kappa shape index (κ1) is 30.2. The van der Waals surface area contributed by atoms with Gasteiger partial charge in [-0.05, 0) is 25.5 Å². The topological polar surface area (TPSA) is 55.7 Å². The van der Waals surface area contributed by atoms with E-state index in [1.165, 1.54) is 89.9 Å². The van der Waals surface area contributed by atoms with Crippen LogP contribution in [0.25, 0.3) is 0 Å². The molecule has 0 amide bonds. The van der Waals surface area contributed by atoms with Gasteiger partial charge in [0.2, 0.25) is 6.08 Å². The van der Waals surface area contributed by atoms with E-state index < -0.39 is 0 Å².